The molecule has 1 amide bonds. The summed E-state index contributed by atoms with van der Waals surface area (Å²) < 4.78 is 30.7. The van der Waals surface area contributed by atoms with Crippen LogP contribution in [0.4, 0.5) is 8.78 Å². The number of hydrogen-bond donors (Lipinski definition) is 0. The van der Waals surface area contributed by atoms with Crippen molar-refractivity contribution in [3.8, 4) is 11.4 Å². The van der Waals surface area contributed by atoms with Gasteiger partial charge < -0.3 is 9.64 Å². The van der Waals surface area contributed by atoms with Gasteiger partial charge in [-0.3, -0.25) is 4.79 Å². The molecule has 1 heterocycles. The third-order valence-corrected chi connectivity index (χ3v) is 4.51. The van der Waals surface area contributed by atoms with Gasteiger partial charge in [-0.25, -0.2) is 4.68 Å². The molecule has 2 aromatic carbocycles. The highest BCUT2D eigenvalue weighted by molar-refractivity contribution is 5.94. The number of ether oxygens (including phenoxy) is 1. The van der Waals surface area contributed by atoms with E-state index in [2.05, 4.69) is 9.84 Å². The molecule has 7 heteroatoms. The average molecular weight is 385 g/mol. The Morgan fingerprint density at radius 2 is 1.75 bits per heavy atom. The Bertz CT molecular complexity index is 954. The maximum atomic E-state index is 12.7. The van der Waals surface area contributed by atoms with E-state index in [0.717, 1.165) is 22.6 Å². The lowest BCUT2D eigenvalue weighted by molar-refractivity contribution is -0.0498. The van der Waals surface area contributed by atoms with Crippen molar-refractivity contribution in [1.29, 1.82) is 0 Å². The number of alkyl halides is 2. The molecule has 0 aliphatic carbocycles. The first kappa shape index (κ1) is 19.5. The molecule has 0 N–H and O–H groups in total. The molecule has 0 spiro atoms. The van der Waals surface area contributed by atoms with Crippen LogP contribution in [0.1, 0.15) is 27.3 Å². The van der Waals surface area contributed by atoms with Crippen LogP contribution in [-0.2, 0) is 6.54 Å². The molecule has 0 unspecified atom stereocenters. The third-order valence-electron chi connectivity index (χ3n) is 4.51. The number of benzene rings is 2. The zero-order valence-corrected chi connectivity index (χ0v) is 15.9. The van der Waals surface area contributed by atoms with Gasteiger partial charge in [0.2, 0.25) is 0 Å². The summed E-state index contributed by atoms with van der Waals surface area (Å²) in [5.74, 6) is -0.195. The third kappa shape index (κ3) is 4.19. The number of carbonyl (C=O) groups excluding carboxylic acids is 1. The van der Waals surface area contributed by atoms with Crippen LogP contribution < -0.4 is 4.74 Å². The van der Waals surface area contributed by atoms with Gasteiger partial charge in [0.15, 0.2) is 0 Å². The highest BCUT2D eigenvalue weighted by Gasteiger charge is 2.18. The van der Waals surface area contributed by atoms with Crippen molar-refractivity contribution in [2.24, 2.45) is 0 Å². The number of aryl methyl sites for hydroxylation is 1. The normalized spacial score (nSPS) is 10.9. The fraction of sp³-hybridized carbons (Fsp3) is 0.238. The molecule has 0 bridgehead atoms. The Kier molecular flexibility index (Phi) is 5.73. The molecule has 0 radical (unpaired) electrons. The summed E-state index contributed by atoms with van der Waals surface area (Å²) >= 11 is 0. The average Bonchev–Trinajstić information content (AvgIpc) is 2.96. The van der Waals surface area contributed by atoms with E-state index >= 15 is 0 Å². The van der Waals surface area contributed by atoms with Crippen molar-refractivity contribution in [2.75, 3.05) is 7.05 Å². The van der Waals surface area contributed by atoms with Gasteiger partial charge in [0, 0.05) is 30.4 Å². The van der Waals surface area contributed by atoms with Crippen LogP contribution in [0, 0.1) is 13.8 Å². The number of rotatable bonds is 6. The second kappa shape index (κ2) is 8.21. The largest absolute Gasteiger partial charge is 0.435 e. The first-order valence-electron chi connectivity index (χ1n) is 8.77. The lowest BCUT2D eigenvalue weighted by Gasteiger charge is -2.18. The van der Waals surface area contributed by atoms with Gasteiger partial charge in [-0.1, -0.05) is 18.2 Å². The summed E-state index contributed by atoms with van der Waals surface area (Å²) in [5, 5.41) is 4.60. The van der Waals surface area contributed by atoms with Crippen LogP contribution in [0.25, 0.3) is 5.69 Å². The Morgan fingerprint density at radius 3 is 2.36 bits per heavy atom. The number of nitrogens with zero attached hydrogens (tertiary/aromatic N) is 3. The van der Waals surface area contributed by atoms with E-state index in [0.29, 0.717) is 12.1 Å². The fourth-order valence-electron chi connectivity index (χ4n) is 3.03. The summed E-state index contributed by atoms with van der Waals surface area (Å²) in [7, 11) is 1.70. The minimum absolute atomic E-state index is 0.0185. The second-order valence-electron chi connectivity index (χ2n) is 6.46. The van der Waals surface area contributed by atoms with Crippen LogP contribution in [-0.4, -0.2) is 34.2 Å². The van der Waals surface area contributed by atoms with Crippen LogP contribution in [0.2, 0.25) is 0 Å². The van der Waals surface area contributed by atoms with E-state index in [1.165, 1.54) is 24.3 Å². The van der Waals surface area contributed by atoms with E-state index in [1.54, 1.807) is 11.9 Å². The van der Waals surface area contributed by atoms with Gasteiger partial charge in [-0.05, 0) is 50.2 Å². The molecule has 5 nitrogen and oxygen atoms in total. The lowest BCUT2D eigenvalue weighted by Crippen LogP contribution is -2.26. The number of hydrogen-bond acceptors (Lipinski definition) is 3. The van der Waals surface area contributed by atoms with E-state index in [-0.39, 0.29) is 11.7 Å². The Hall–Kier alpha value is -3.22. The predicted octanol–water partition coefficient (Wildman–Crippen LogP) is 4.36. The summed E-state index contributed by atoms with van der Waals surface area (Å²) in [6.07, 6.45) is 0. The molecule has 1 aromatic heterocycles. The van der Waals surface area contributed by atoms with Crippen molar-refractivity contribution in [3.05, 3.63) is 77.1 Å². The lowest BCUT2D eigenvalue weighted by atomic mass is 10.1. The van der Waals surface area contributed by atoms with Crippen molar-refractivity contribution < 1.29 is 18.3 Å². The van der Waals surface area contributed by atoms with Crippen LogP contribution in [0.15, 0.2) is 54.6 Å². The smallest absolute Gasteiger partial charge is 0.387 e. The van der Waals surface area contributed by atoms with Gasteiger partial charge in [0.1, 0.15) is 5.75 Å². The predicted molar refractivity (Wildman–Crippen MR) is 102 cm³/mol. The van der Waals surface area contributed by atoms with Gasteiger partial charge in [-0.2, -0.15) is 13.9 Å². The summed E-state index contributed by atoms with van der Waals surface area (Å²) in [4.78, 5) is 14.3. The van der Waals surface area contributed by atoms with Crippen molar-refractivity contribution in [3.63, 3.8) is 0 Å². The van der Waals surface area contributed by atoms with Gasteiger partial charge in [0.25, 0.3) is 5.91 Å². The molecule has 3 rings (SSSR count). The number of carbonyl (C=O) groups is 1. The van der Waals surface area contributed by atoms with E-state index in [4.69, 9.17) is 0 Å². The number of halogens is 2. The van der Waals surface area contributed by atoms with E-state index in [9.17, 15) is 13.6 Å². The minimum atomic E-state index is -2.89. The summed E-state index contributed by atoms with van der Waals surface area (Å²) in [6, 6.07) is 15.5. The van der Waals surface area contributed by atoms with Crippen LogP contribution in [0.3, 0.4) is 0 Å². The molecule has 0 saturated heterocycles. The first-order valence-corrected chi connectivity index (χ1v) is 8.77. The van der Waals surface area contributed by atoms with E-state index in [1.807, 2.05) is 48.9 Å². The monoisotopic (exact) mass is 385 g/mol. The fourth-order valence-corrected chi connectivity index (χ4v) is 3.03. The van der Waals surface area contributed by atoms with Crippen LogP contribution in [0.5, 0.6) is 5.75 Å². The number of aromatic nitrogens is 2. The molecule has 0 saturated carbocycles. The molecule has 28 heavy (non-hydrogen) atoms. The number of para-hydroxylation sites is 1. The highest BCUT2D eigenvalue weighted by Crippen LogP contribution is 2.21. The van der Waals surface area contributed by atoms with E-state index < -0.39 is 6.61 Å². The van der Waals surface area contributed by atoms with Crippen molar-refractivity contribution in [1.82, 2.24) is 14.7 Å². The molecule has 3 aromatic rings. The standard InChI is InChI=1S/C21H21F2N3O2/c1-14-19(15(2)26(24-14)17-7-5-4-6-8-17)13-25(3)20(27)16-9-11-18(12-10-16)28-21(22)23/h4-12,21H,13H2,1-3H3. The maximum absolute atomic E-state index is 12.7. The Balaban J connectivity index is 1.76. The minimum Gasteiger partial charge on any atom is -0.435 e. The Morgan fingerprint density at radius 1 is 1.11 bits per heavy atom. The first-order chi connectivity index (χ1) is 13.4. The zero-order valence-electron chi connectivity index (χ0n) is 15.9. The molecule has 0 aliphatic heterocycles. The molecule has 0 aliphatic rings. The SMILES string of the molecule is Cc1nn(-c2ccccc2)c(C)c1CN(C)C(=O)c1ccc(OC(F)F)cc1. The maximum Gasteiger partial charge on any atom is 0.387 e. The quantitative estimate of drug-likeness (QED) is 0.633. The van der Waals surface area contributed by atoms with Gasteiger partial charge in [-0.15, -0.1) is 0 Å². The van der Waals surface area contributed by atoms with Gasteiger partial charge >= 0.3 is 6.61 Å². The van der Waals surface area contributed by atoms with Crippen molar-refractivity contribution >= 4 is 5.91 Å². The molecular formula is C21H21F2N3O2. The molecular weight excluding hydrogens is 364 g/mol. The van der Waals surface area contributed by atoms with Gasteiger partial charge in [0.05, 0.1) is 11.4 Å². The molecule has 0 atom stereocenters. The topological polar surface area (TPSA) is 47.4 Å². The van der Waals surface area contributed by atoms with Crippen molar-refractivity contribution in [2.45, 2.75) is 27.0 Å². The summed E-state index contributed by atoms with van der Waals surface area (Å²) in [5.41, 5.74) is 4.14. The zero-order chi connectivity index (χ0) is 20.3. The highest BCUT2D eigenvalue weighted by atomic mass is 19.3. The van der Waals surface area contributed by atoms with Crippen LogP contribution >= 0.6 is 0 Å². The molecule has 146 valence electrons. The molecule has 0 fully saturated rings. The summed E-state index contributed by atoms with van der Waals surface area (Å²) in [6.45, 7) is 1.38. The number of amides is 1. The Labute approximate surface area is 162 Å². The second-order valence-corrected chi connectivity index (χ2v) is 6.46.